The highest BCUT2D eigenvalue weighted by Gasteiger charge is 2.51. The maximum absolute atomic E-state index is 7.24. The summed E-state index contributed by atoms with van der Waals surface area (Å²) >= 11 is 0. The lowest BCUT2D eigenvalue weighted by molar-refractivity contribution is -0.241. The van der Waals surface area contributed by atoms with E-state index in [0.717, 1.165) is 35.3 Å². The van der Waals surface area contributed by atoms with Crippen LogP contribution < -0.4 is 14.2 Å². The van der Waals surface area contributed by atoms with Gasteiger partial charge in [-0.05, 0) is 23.6 Å². The van der Waals surface area contributed by atoms with Crippen molar-refractivity contribution in [2.45, 2.75) is 128 Å². The zero-order valence-electron chi connectivity index (χ0n) is 27.9. The summed E-state index contributed by atoms with van der Waals surface area (Å²) in [6.07, 6.45) is 20.9. The first-order chi connectivity index (χ1) is 21.6. The molecule has 4 heteroatoms. The lowest BCUT2D eigenvalue weighted by Gasteiger charge is -2.48. The summed E-state index contributed by atoms with van der Waals surface area (Å²) in [6, 6.07) is 24.9. The number of rotatable bonds is 20. The van der Waals surface area contributed by atoms with Crippen molar-refractivity contribution in [1.82, 2.24) is 0 Å². The number of unbranched alkanes of at least 4 members (excludes halogenated alkanes) is 14. The van der Waals surface area contributed by atoms with Gasteiger partial charge in [-0.25, -0.2) is 0 Å². The molecule has 1 heterocycles. The van der Waals surface area contributed by atoms with Crippen molar-refractivity contribution >= 4 is 0 Å². The fourth-order valence-electron chi connectivity index (χ4n) is 6.69. The Morgan fingerprint density at radius 3 is 1.52 bits per heavy atom. The molecule has 0 fully saturated rings. The van der Waals surface area contributed by atoms with Crippen LogP contribution in [0.4, 0.5) is 0 Å². The average Bonchev–Trinajstić information content (AvgIpc) is 3.06. The summed E-state index contributed by atoms with van der Waals surface area (Å²) < 4.78 is 25.6. The van der Waals surface area contributed by atoms with E-state index in [1.165, 1.54) is 89.9 Å². The Kier molecular flexibility index (Phi) is 13.5. The van der Waals surface area contributed by atoms with Gasteiger partial charge in [-0.15, -0.1) is 0 Å². The summed E-state index contributed by atoms with van der Waals surface area (Å²) in [7, 11) is 3.37. The Bertz CT molecular complexity index is 1190. The summed E-state index contributed by atoms with van der Waals surface area (Å²) in [6.45, 7) is 4.38. The fraction of sp³-hybridized carbons (Fsp3) is 0.550. The highest BCUT2D eigenvalue weighted by atomic mass is 16.7. The van der Waals surface area contributed by atoms with E-state index < -0.39 is 11.4 Å². The lowest BCUT2D eigenvalue weighted by atomic mass is 9.78. The second kappa shape index (κ2) is 17.5. The second-order valence-corrected chi connectivity index (χ2v) is 12.7. The predicted octanol–water partition coefficient (Wildman–Crippen LogP) is 11.4. The van der Waals surface area contributed by atoms with Gasteiger partial charge in [0.15, 0.2) is 17.1 Å². The van der Waals surface area contributed by atoms with Crippen molar-refractivity contribution in [2.75, 3.05) is 14.2 Å². The van der Waals surface area contributed by atoms with Gasteiger partial charge >= 0.3 is 0 Å². The predicted molar refractivity (Wildman–Crippen MR) is 182 cm³/mol. The van der Waals surface area contributed by atoms with Crippen LogP contribution in [0.15, 0.2) is 72.8 Å². The van der Waals surface area contributed by atoms with E-state index in [0.29, 0.717) is 11.5 Å². The van der Waals surface area contributed by atoms with E-state index in [2.05, 4.69) is 62.4 Å². The molecule has 0 aromatic heterocycles. The molecule has 0 saturated heterocycles. The number of hydrogen-bond donors (Lipinski definition) is 0. The zero-order valence-corrected chi connectivity index (χ0v) is 27.9. The molecule has 4 rings (SSSR count). The van der Waals surface area contributed by atoms with Crippen LogP contribution in [-0.4, -0.2) is 20.0 Å². The van der Waals surface area contributed by atoms with Gasteiger partial charge in [-0.2, -0.15) is 0 Å². The fourth-order valence-corrected chi connectivity index (χ4v) is 6.69. The maximum atomic E-state index is 7.24. The van der Waals surface area contributed by atoms with Crippen molar-refractivity contribution in [2.24, 2.45) is 0 Å². The minimum atomic E-state index is -0.887. The molecule has 0 radical (unpaired) electrons. The maximum Gasteiger partial charge on any atom is 0.209 e. The van der Waals surface area contributed by atoms with Crippen molar-refractivity contribution < 1.29 is 18.9 Å². The topological polar surface area (TPSA) is 36.9 Å². The normalized spacial score (nSPS) is 17.1. The van der Waals surface area contributed by atoms with Crippen LogP contribution in [0.5, 0.6) is 17.2 Å². The molecule has 1 atom stereocenters. The second-order valence-electron chi connectivity index (χ2n) is 12.7. The van der Waals surface area contributed by atoms with E-state index in [1.54, 1.807) is 14.2 Å². The highest BCUT2D eigenvalue weighted by molar-refractivity contribution is 5.61. The van der Waals surface area contributed by atoms with Gasteiger partial charge < -0.3 is 18.9 Å². The van der Waals surface area contributed by atoms with Crippen molar-refractivity contribution in [1.29, 1.82) is 0 Å². The minimum Gasteiger partial charge on any atom is -0.497 e. The summed E-state index contributed by atoms with van der Waals surface area (Å²) in [5, 5.41) is 0. The van der Waals surface area contributed by atoms with Gasteiger partial charge in [0.25, 0.3) is 0 Å². The van der Waals surface area contributed by atoms with Gasteiger partial charge in [0.1, 0.15) is 5.75 Å². The molecule has 0 aliphatic carbocycles. The monoisotopic (exact) mass is 600 g/mol. The molecule has 240 valence electrons. The van der Waals surface area contributed by atoms with Crippen LogP contribution in [0.2, 0.25) is 0 Å². The van der Waals surface area contributed by atoms with Gasteiger partial charge in [0, 0.05) is 25.0 Å². The van der Waals surface area contributed by atoms with Gasteiger partial charge in [-0.1, -0.05) is 157 Å². The third-order valence-corrected chi connectivity index (χ3v) is 9.15. The van der Waals surface area contributed by atoms with Crippen molar-refractivity contribution in [3.8, 4) is 17.2 Å². The molecule has 1 aliphatic rings. The molecule has 1 aliphatic heterocycles. The number of ether oxygens (including phenoxy) is 4. The number of methoxy groups -OCH3 is 2. The first kappa shape index (κ1) is 33.9. The van der Waals surface area contributed by atoms with Gasteiger partial charge in [0.2, 0.25) is 5.79 Å². The molecule has 0 saturated carbocycles. The Hall–Kier alpha value is -2.98. The summed E-state index contributed by atoms with van der Waals surface area (Å²) in [5.74, 6) is 1.24. The molecule has 0 spiro atoms. The first-order valence-corrected chi connectivity index (χ1v) is 17.3. The van der Waals surface area contributed by atoms with Crippen LogP contribution in [0.25, 0.3) is 0 Å². The molecular weight excluding hydrogens is 544 g/mol. The van der Waals surface area contributed by atoms with Crippen LogP contribution in [0.3, 0.4) is 0 Å². The molecule has 3 aromatic rings. The van der Waals surface area contributed by atoms with Crippen LogP contribution in [0.1, 0.15) is 133 Å². The standard InChI is InChI=1S/C40H56O4/c1-5-6-7-8-9-10-11-12-13-14-15-16-17-18-25-30-39(2)43-38-36(31-35(41-3)32-37(38)42-4)40(44-39,33-26-21-19-22-27-33)34-28-23-20-24-29-34/h19-24,26-29,31-32H,5-18,25,30H2,1-4H3. The Labute approximate surface area is 267 Å². The van der Waals surface area contributed by atoms with Crippen molar-refractivity contribution in [3.63, 3.8) is 0 Å². The molecule has 44 heavy (non-hydrogen) atoms. The molecule has 0 amide bonds. The van der Waals surface area contributed by atoms with E-state index >= 15 is 0 Å². The quantitative estimate of drug-likeness (QED) is 0.121. The summed E-state index contributed by atoms with van der Waals surface area (Å²) in [4.78, 5) is 0. The molecule has 0 bridgehead atoms. The van der Waals surface area contributed by atoms with E-state index in [4.69, 9.17) is 18.9 Å². The van der Waals surface area contributed by atoms with E-state index in [1.807, 2.05) is 24.3 Å². The zero-order chi connectivity index (χ0) is 31.1. The number of hydrogen-bond acceptors (Lipinski definition) is 4. The molecule has 1 unspecified atom stereocenters. The Balaban J connectivity index is 1.39. The SMILES string of the molecule is CCCCCCCCCCCCCCCCCC1(C)Oc2c(OC)cc(OC)cc2C(c2ccccc2)(c2ccccc2)O1. The average molecular weight is 601 g/mol. The Morgan fingerprint density at radius 2 is 1.07 bits per heavy atom. The smallest absolute Gasteiger partial charge is 0.209 e. The molecular formula is C40H56O4. The third kappa shape index (κ3) is 8.81. The highest BCUT2D eigenvalue weighted by Crippen LogP contribution is 2.55. The van der Waals surface area contributed by atoms with E-state index in [-0.39, 0.29) is 0 Å². The largest absolute Gasteiger partial charge is 0.497 e. The van der Waals surface area contributed by atoms with Gasteiger partial charge in [-0.3, -0.25) is 0 Å². The van der Waals surface area contributed by atoms with Crippen LogP contribution in [0, 0.1) is 0 Å². The van der Waals surface area contributed by atoms with Crippen molar-refractivity contribution in [3.05, 3.63) is 89.5 Å². The Morgan fingerprint density at radius 1 is 0.591 bits per heavy atom. The van der Waals surface area contributed by atoms with Gasteiger partial charge in [0.05, 0.1) is 14.2 Å². The molecule has 0 N–H and O–H groups in total. The van der Waals surface area contributed by atoms with Crippen LogP contribution in [-0.2, 0) is 10.3 Å². The first-order valence-electron chi connectivity index (χ1n) is 17.3. The molecule has 4 nitrogen and oxygen atoms in total. The lowest BCUT2D eigenvalue weighted by Crippen LogP contribution is -2.50. The molecule has 3 aromatic carbocycles. The minimum absolute atomic E-state index is 0.654. The van der Waals surface area contributed by atoms with E-state index in [9.17, 15) is 0 Å². The van der Waals surface area contributed by atoms with Crippen LogP contribution >= 0.6 is 0 Å². The third-order valence-electron chi connectivity index (χ3n) is 9.15. The number of fused-ring (bicyclic) bond motifs is 1. The number of benzene rings is 3. The summed E-state index contributed by atoms with van der Waals surface area (Å²) in [5.41, 5.74) is 2.10.